The molecule has 3 aromatic rings. The number of anilines is 2. The van der Waals surface area contributed by atoms with E-state index in [1.165, 1.54) is 6.07 Å². The molecule has 3 aromatic carbocycles. The molecule has 2 amide bonds. The van der Waals surface area contributed by atoms with Gasteiger partial charge in [-0.3, -0.25) is 14.3 Å². The molecule has 3 rings (SSSR count). The highest BCUT2D eigenvalue weighted by Gasteiger charge is 2.21. The second-order valence-corrected chi connectivity index (χ2v) is 9.73. The zero-order valence-corrected chi connectivity index (χ0v) is 19.8. The number of hydrogen-bond donors (Lipinski definition) is 3. The van der Waals surface area contributed by atoms with Crippen molar-refractivity contribution in [1.29, 1.82) is 0 Å². The Hall–Kier alpha value is -3.65. The minimum atomic E-state index is -3.92. The summed E-state index contributed by atoms with van der Waals surface area (Å²) in [6, 6.07) is 18.1. The monoisotopic (exact) mass is 465 g/mol. The average molecular weight is 466 g/mol. The highest BCUT2D eigenvalue weighted by atomic mass is 32.2. The lowest BCUT2D eigenvalue weighted by molar-refractivity contribution is 0.0944. The quantitative estimate of drug-likeness (QED) is 0.478. The Balaban J connectivity index is 1.88. The zero-order chi connectivity index (χ0) is 24.2. The molecule has 0 saturated heterocycles. The molecule has 0 spiro atoms. The van der Waals surface area contributed by atoms with Crippen LogP contribution in [0, 0.1) is 13.8 Å². The maximum atomic E-state index is 13.0. The van der Waals surface area contributed by atoms with E-state index in [1.54, 1.807) is 61.5 Å². The summed E-state index contributed by atoms with van der Waals surface area (Å²) >= 11 is 0. The van der Waals surface area contributed by atoms with Gasteiger partial charge in [0.2, 0.25) is 0 Å². The van der Waals surface area contributed by atoms with Crippen LogP contribution in [0.4, 0.5) is 11.4 Å². The Morgan fingerprint density at radius 2 is 1.58 bits per heavy atom. The molecule has 0 aliphatic rings. The van der Waals surface area contributed by atoms with Crippen LogP contribution in [0.1, 0.15) is 45.7 Å². The topological polar surface area (TPSA) is 104 Å². The van der Waals surface area contributed by atoms with Gasteiger partial charge in [-0.25, -0.2) is 8.42 Å². The molecule has 7 nitrogen and oxygen atoms in total. The van der Waals surface area contributed by atoms with Crippen molar-refractivity contribution in [3.63, 3.8) is 0 Å². The van der Waals surface area contributed by atoms with Gasteiger partial charge in [-0.1, -0.05) is 30.3 Å². The molecule has 0 bridgehead atoms. The number of amides is 2. The van der Waals surface area contributed by atoms with Crippen LogP contribution in [-0.4, -0.2) is 26.3 Å². The van der Waals surface area contributed by atoms with Gasteiger partial charge in [0.1, 0.15) is 0 Å². The van der Waals surface area contributed by atoms with E-state index in [2.05, 4.69) is 15.4 Å². The Labute approximate surface area is 194 Å². The summed E-state index contributed by atoms with van der Waals surface area (Å²) in [7, 11) is -3.92. The molecule has 0 aromatic heterocycles. The van der Waals surface area contributed by atoms with Gasteiger partial charge in [-0.05, 0) is 75.2 Å². The van der Waals surface area contributed by atoms with Crippen LogP contribution in [0.15, 0.2) is 71.6 Å². The summed E-state index contributed by atoms with van der Waals surface area (Å²) in [4.78, 5) is 25.4. The lowest BCUT2D eigenvalue weighted by Crippen LogP contribution is -2.31. The van der Waals surface area contributed by atoms with E-state index in [4.69, 9.17) is 0 Å². The van der Waals surface area contributed by atoms with Gasteiger partial charge in [0.25, 0.3) is 21.8 Å². The number of nitrogens with one attached hydrogen (secondary N) is 3. The first kappa shape index (κ1) is 24.0. The molecule has 33 heavy (non-hydrogen) atoms. The molecule has 0 saturated carbocycles. The molecule has 0 radical (unpaired) electrons. The Morgan fingerprint density at radius 1 is 0.848 bits per heavy atom. The minimum absolute atomic E-state index is 0.00231. The van der Waals surface area contributed by atoms with E-state index in [-0.39, 0.29) is 22.4 Å². The van der Waals surface area contributed by atoms with Crippen molar-refractivity contribution in [1.82, 2.24) is 5.32 Å². The lowest BCUT2D eigenvalue weighted by Gasteiger charge is -2.14. The second kappa shape index (κ2) is 9.87. The number of carbonyl (C=O) groups excluding carboxylic acids is 2. The van der Waals surface area contributed by atoms with Crippen LogP contribution in [-0.2, 0) is 10.0 Å². The molecular weight excluding hydrogens is 438 g/mol. The first-order valence-corrected chi connectivity index (χ1v) is 12.0. The highest BCUT2D eigenvalue weighted by Crippen LogP contribution is 2.23. The smallest absolute Gasteiger partial charge is 0.262 e. The van der Waals surface area contributed by atoms with E-state index in [1.807, 2.05) is 26.8 Å². The molecule has 0 aliphatic heterocycles. The summed E-state index contributed by atoms with van der Waals surface area (Å²) in [5, 5.41) is 5.52. The van der Waals surface area contributed by atoms with Gasteiger partial charge in [0, 0.05) is 17.3 Å². The number of hydrogen-bond acceptors (Lipinski definition) is 4. The number of sulfonamides is 1. The van der Waals surface area contributed by atoms with Gasteiger partial charge in [-0.15, -0.1) is 0 Å². The molecule has 172 valence electrons. The fourth-order valence-corrected chi connectivity index (χ4v) is 4.60. The molecule has 0 atom stereocenters. The van der Waals surface area contributed by atoms with Crippen LogP contribution in [0.25, 0.3) is 0 Å². The van der Waals surface area contributed by atoms with Gasteiger partial charge in [0.15, 0.2) is 0 Å². The zero-order valence-electron chi connectivity index (χ0n) is 19.0. The summed E-state index contributed by atoms with van der Waals surface area (Å²) < 4.78 is 28.6. The molecule has 0 heterocycles. The summed E-state index contributed by atoms with van der Waals surface area (Å²) in [5.41, 5.74) is 2.67. The van der Waals surface area contributed by atoms with Crippen molar-refractivity contribution >= 4 is 33.2 Å². The summed E-state index contributed by atoms with van der Waals surface area (Å²) in [6.07, 6.45) is 0. The minimum Gasteiger partial charge on any atom is -0.350 e. The number of para-hydroxylation sites is 1. The summed E-state index contributed by atoms with van der Waals surface area (Å²) in [5.74, 6) is -0.831. The maximum absolute atomic E-state index is 13.0. The molecule has 8 heteroatoms. The standard InChI is InChI=1S/C25H27N3O4S/c1-16(2)26-25(30)21-10-5-6-11-22(21)27-24(29)19-13-12-18(4)23(15-19)33(31,32)28-20-9-7-8-17(3)14-20/h5-16,28H,1-4H3,(H,26,30)(H,27,29). The number of aryl methyl sites for hydroxylation is 2. The first-order valence-electron chi connectivity index (χ1n) is 10.5. The van der Waals surface area contributed by atoms with E-state index in [0.717, 1.165) is 5.56 Å². The van der Waals surface area contributed by atoms with Crippen LogP contribution >= 0.6 is 0 Å². The Bertz CT molecular complexity index is 1300. The average Bonchev–Trinajstić information content (AvgIpc) is 2.73. The van der Waals surface area contributed by atoms with Crippen molar-refractivity contribution < 1.29 is 18.0 Å². The predicted octanol–water partition coefficient (Wildman–Crippen LogP) is 4.49. The van der Waals surface area contributed by atoms with Crippen LogP contribution < -0.4 is 15.4 Å². The van der Waals surface area contributed by atoms with Gasteiger partial charge in [0.05, 0.1) is 16.1 Å². The number of carbonyl (C=O) groups is 2. The third kappa shape index (κ3) is 5.98. The highest BCUT2D eigenvalue weighted by molar-refractivity contribution is 7.92. The normalized spacial score (nSPS) is 11.2. The summed E-state index contributed by atoms with van der Waals surface area (Å²) in [6.45, 7) is 7.22. The number of benzene rings is 3. The fraction of sp³-hybridized carbons (Fsp3) is 0.200. The van der Waals surface area contributed by atoms with Crippen LogP contribution in [0.5, 0.6) is 0 Å². The first-order chi connectivity index (χ1) is 15.6. The SMILES string of the molecule is Cc1cccc(NS(=O)(=O)c2cc(C(=O)Nc3ccccc3C(=O)NC(C)C)ccc2C)c1. The molecule has 0 unspecified atom stereocenters. The predicted molar refractivity (Wildman–Crippen MR) is 130 cm³/mol. The fourth-order valence-electron chi connectivity index (χ4n) is 3.27. The molecule has 0 aliphatic carbocycles. The largest absolute Gasteiger partial charge is 0.350 e. The van der Waals surface area contributed by atoms with Crippen molar-refractivity contribution in [2.75, 3.05) is 10.0 Å². The van der Waals surface area contributed by atoms with Crippen LogP contribution in [0.3, 0.4) is 0 Å². The Kier molecular flexibility index (Phi) is 7.18. The van der Waals surface area contributed by atoms with Crippen LogP contribution in [0.2, 0.25) is 0 Å². The Morgan fingerprint density at radius 3 is 2.27 bits per heavy atom. The maximum Gasteiger partial charge on any atom is 0.262 e. The van der Waals surface area contributed by atoms with Crippen molar-refractivity contribution in [2.45, 2.75) is 38.6 Å². The van der Waals surface area contributed by atoms with Gasteiger partial charge in [-0.2, -0.15) is 0 Å². The van der Waals surface area contributed by atoms with E-state index in [9.17, 15) is 18.0 Å². The third-order valence-electron chi connectivity index (χ3n) is 4.85. The van der Waals surface area contributed by atoms with Crippen molar-refractivity contribution in [3.8, 4) is 0 Å². The van der Waals surface area contributed by atoms with Crippen molar-refractivity contribution in [3.05, 3.63) is 89.0 Å². The van der Waals surface area contributed by atoms with E-state index in [0.29, 0.717) is 22.5 Å². The van der Waals surface area contributed by atoms with Gasteiger partial charge < -0.3 is 10.6 Å². The third-order valence-corrected chi connectivity index (χ3v) is 6.37. The van der Waals surface area contributed by atoms with Gasteiger partial charge >= 0.3 is 0 Å². The molecular formula is C25H27N3O4S. The van der Waals surface area contributed by atoms with E-state index < -0.39 is 15.9 Å². The van der Waals surface area contributed by atoms with Crippen molar-refractivity contribution in [2.24, 2.45) is 0 Å². The lowest BCUT2D eigenvalue weighted by atomic mass is 10.1. The second-order valence-electron chi connectivity index (χ2n) is 8.08. The molecule has 3 N–H and O–H groups in total. The molecule has 0 fully saturated rings. The number of rotatable bonds is 7. The van der Waals surface area contributed by atoms with E-state index >= 15 is 0 Å².